The molecule has 1 N–H and O–H groups in total. The molecule has 4 heteroatoms. The molecule has 3 nitrogen and oxygen atoms in total. The van der Waals surface area contributed by atoms with E-state index in [1.165, 1.54) is 44.9 Å². The molecule has 0 spiro atoms. The van der Waals surface area contributed by atoms with Crippen molar-refractivity contribution in [3.8, 4) is 0 Å². The van der Waals surface area contributed by atoms with Gasteiger partial charge >= 0.3 is 0 Å². The highest BCUT2D eigenvalue weighted by molar-refractivity contribution is 9.10. The zero-order valence-corrected chi connectivity index (χ0v) is 13.7. The van der Waals surface area contributed by atoms with Crippen molar-refractivity contribution < 1.29 is 4.79 Å². The number of nitrogens with one attached hydrogen (secondary N) is 1. The Morgan fingerprint density at radius 3 is 2.65 bits per heavy atom. The largest absolute Gasteiger partial charge is 0.348 e. The molecule has 0 saturated heterocycles. The number of amides is 1. The lowest BCUT2D eigenvalue weighted by atomic mass is 9.84. The fraction of sp³-hybridized carbons (Fsp3) is 0.688. The minimum Gasteiger partial charge on any atom is -0.348 e. The van der Waals surface area contributed by atoms with E-state index in [0.29, 0.717) is 12.0 Å². The molecule has 1 amide bonds. The van der Waals surface area contributed by atoms with Crippen molar-refractivity contribution in [2.75, 3.05) is 0 Å². The summed E-state index contributed by atoms with van der Waals surface area (Å²) in [6.45, 7) is 2.16. The van der Waals surface area contributed by atoms with Crippen molar-refractivity contribution >= 4 is 21.8 Å². The van der Waals surface area contributed by atoms with Gasteiger partial charge in [0, 0.05) is 22.8 Å². The second-order valence-corrected chi connectivity index (χ2v) is 7.26. The van der Waals surface area contributed by atoms with Gasteiger partial charge in [-0.2, -0.15) is 0 Å². The van der Waals surface area contributed by atoms with Gasteiger partial charge < -0.3 is 9.88 Å². The van der Waals surface area contributed by atoms with Gasteiger partial charge in [0.25, 0.3) is 5.91 Å². The fourth-order valence-electron chi connectivity index (χ4n) is 3.32. The Labute approximate surface area is 129 Å². The molecule has 110 valence electrons. The minimum absolute atomic E-state index is 0.0840. The first-order chi connectivity index (χ1) is 9.65. The number of aromatic nitrogens is 1. The number of nitrogens with zero attached hydrogens (tertiary/aromatic N) is 1. The highest BCUT2D eigenvalue weighted by Crippen LogP contribution is 2.37. The Kier molecular flexibility index (Phi) is 4.20. The Morgan fingerprint density at radius 1 is 1.30 bits per heavy atom. The number of carbonyl (C=O) groups excluding carboxylic acids is 1. The molecule has 20 heavy (non-hydrogen) atoms. The van der Waals surface area contributed by atoms with E-state index >= 15 is 0 Å². The molecule has 0 bridgehead atoms. The molecule has 0 aromatic carbocycles. The standard InChI is InChI=1S/C16H23BrN2O/c1-11(12-5-3-2-4-6-12)18-16(20)15-9-13(17)10-19(15)14-7-8-14/h9-12,14H,2-8H2,1H3,(H,18,20). The lowest BCUT2D eigenvalue weighted by molar-refractivity contribution is 0.0909. The van der Waals surface area contributed by atoms with Crippen LogP contribution in [0.1, 0.15) is 68.4 Å². The van der Waals surface area contributed by atoms with E-state index in [0.717, 1.165) is 10.2 Å². The Balaban J connectivity index is 1.66. The number of hydrogen-bond donors (Lipinski definition) is 1. The van der Waals surface area contributed by atoms with Gasteiger partial charge in [0.2, 0.25) is 0 Å². The van der Waals surface area contributed by atoms with Crippen LogP contribution >= 0.6 is 15.9 Å². The molecular weight excluding hydrogens is 316 g/mol. The van der Waals surface area contributed by atoms with E-state index in [4.69, 9.17) is 0 Å². The van der Waals surface area contributed by atoms with Crippen LogP contribution in [0.4, 0.5) is 0 Å². The summed E-state index contributed by atoms with van der Waals surface area (Å²) >= 11 is 3.49. The first kappa shape index (κ1) is 14.2. The predicted octanol–water partition coefficient (Wildman–Crippen LogP) is 4.28. The van der Waals surface area contributed by atoms with Crippen molar-refractivity contribution in [1.82, 2.24) is 9.88 Å². The Morgan fingerprint density at radius 2 is 2.00 bits per heavy atom. The summed E-state index contributed by atoms with van der Waals surface area (Å²) in [4.78, 5) is 12.5. The molecule has 2 fully saturated rings. The average molecular weight is 339 g/mol. The maximum atomic E-state index is 12.5. The zero-order valence-electron chi connectivity index (χ0n) is 12.1. The number of rotatable bonds is 4. The number of halogens is 1. The summed E-state index contributed by atoms with van der Waals surface area (Å²) in [7, 11) is 0. The first-order valence-corrected chi connectivity index (χ1v) is 8.62. The maximum absolute atomic E-state index is 12.5. The molecule has 3 rings (SSSR count). The Bertz CT molecular complexity index is 487. The highest BCUT2D eigenvalue weighted by Gasteiger charge is 2.29. The molecule has 2 aliphatic carbocycles. The van der Waals surface area contributed by atoms with Crippen LogP contribution in [-0.4, -0.2) is 16.5 Å². The third-order valence-corrected chi connectivity index (χ3v) is 5.14. The molecule has 2 saturated carbocycles. The van der Waals surface area contributed by atoms with Crippen LogP contribution in [0.2, 0.25) is 0 Å². The smallest absolute Gasteiger partial charge is 0.268 e. The van der Waals surface area contributed by atoms with Gasteiger partial charge in [-0.25, -0.2) is 0 Å². The molecule has 0 radical (unpaired) electrons. The van der Waals surface area contributed by atoms with Crippen molar-refractivity contribution in [2.45, 2.75) is 64.0 Å². The van der Waals surface area contributed by atoms with Crippen LogP contribution < -0.4 is 5.32 Å². The summed E-state index contributed by atoms with van der Waals surface area (Å²) in [5.41, 5.74) is 0.807. The normalized spacial score (nSPS) is 21.7. The number of hydrogen-bond acceptors (Lipinski definition) is 1. The van der Waals surface area contributed by atoms with Crippen molar-refractivity contribution in [2.24, 2.45) is 5.92 Å². The maximum Gasteiger partial charge on any atom is 0.268 e. The van der Waals surface area contributed by atoms with Gasteiger partial charge in [0.05, 0.1) is 0 Å². The average Bonchev–Trinajstić information content (AvgIpc) is 3.22. The van der Waals surface area contributed by atoms with Crippen molar-refractivity contribution in [1.29, 1.82) is 0 Å². The van der Waals surface area contributed by atoms with Gasteiger partial charge in [0.1, 0.15) is 5.69 Å². The van der Waals surface area contributed by atoms with Crippen LogP contribution in [0, 0.1) is 5.92 Å². The summed E-state index contributed by atoms with van der Waals surface area (Å²) in [5.74, 6) is 0.737. The lowest BCUT2D eigenvalue weighted by Crippen LogP contribution is -2.39. The second-order valence-electron chi connectivity index (χ2n) is 6.34. The lowest BCUT2D eigenvalue weighted by Gasteiger charge is -2.28. The van der Waals surface area contributed by atoms with E-state index in [2.05, 4.69) is 32.7 Å². The van der Waals surface area contributed by atoms with Gasteiger partial charge in [-0.3, -0.25) is 4.79 Å². The Hall–Kier alpha value is -0.770. The summed E-state index contributed by atoms with van der Waals surface area (Å²) < 4.78 is 3.13. The van der Waals surface area contributed by atoms with E-state index in [1.54, 1.807) is 0 Å². The predicted molar refractivity (Wildman–Crippen MR) is 83.9 cm³/mol. The minimum atomic E-state index is 0.0840. The fourth-order valence-corrected chi connectivity index (χ4v) is 3.75. The molecule has 1 heterocycles. The number of carbonyl (C=O) groups is 1. The van der Waals surface area contributed by atoms with Crippen LogP contribution in [-0.2, 0) is 0 Å². The molecular formula is C16H23BrN2O. The molecule has 2 aliphatic rings. The second kappa shape index (κ2) is 5.92. The highest BCUT2D eigenvalue weighted by atomic mass is 79.9. The SMILES string of the molecule is CC(NC(=O)c1cc(Br)cn1C1CC1)C1CCCCC1. The van der Waals surface area contributed by atoms with Crippen LogP contribution in [0.3, 0.4) is 0 Å². The summed E-state index contributed by atoms with van der Waals surface area (Å²) in [6, 6.07) is 2.76. The van der Waals surface area contributed by atoms with Gasteiger partial charge in [-0.15, -0.1) is 0 Å². The van der Waals surface area contributed by atoms with E-state index in [1.807, 2.05) is 12.3 Å². The zero-order chi connectivity index (χ0) is 14.1. The van der Waals surface area contributed by atoms with Crippen LogP contribution in [0.5, 0.6) is 0 Å². The summed E-state index contributed by atoms with van der Waals surface area (Å²) in [6.07, 6.45) is 10.9. The molecule has 1 aromatic rings. The molecule has 1 atom stereocenters. The topological polar surface area (TPSA) is 34.0 Å². The monoisotopic (exact) mass is 338 g/mol. The van der Waals surface area contributed by atoms with E-state index in [-0.39, 0.29) is 11.9 Å². The van der Waals surface area contributed by atoms with E-state index in [9.17, 15) is 4.79 Å². The van der Waals surface area contributed by atoms with Crippen LogP contribution in [0.15, 0.2) is 16.7 Å². The van der Waals surface area contributed by atoms with Gasteiger partial charge in [0.15, 0.2) is 0 Å². The third-order valence-electron chi connectivity index (χ3n) is 4.70. The first-order valence-electron chi connectivity index (χ1n) is 7.83. The quantitative estimate of drug-likeness (QED) is 0.873. The summed E-state index contributed by atoms with van der Waals surface area (Å²) in [5, 5.41) is 3.22. The van der Waals surface area contributed by atoms with Crippen molar-refractivity contribution in [3.63, 3.8) is 0 Å². The molecule has 1 aromatic heterocycles. The molecule has 0 aliphatic heterocycles. The third kappa shape index (κ3) is 3.11. The van der Waals surface area contributed by atoms with Crippen LogP contribution in [0.25, 0.3) is 0 Å². The van der Waals surface area contributed by atoms with Gasteiger partial charge in [-0.05, 0) is 60.5 Å². The van der Waals surface area contributed by atoms with E-state index < -0.39 is 0 Å². The molecule has 1 unspecified atom stereocenters. The van der Waals surface area contributed by atoms with Crippen molar-refractivity contribution in [3.05, 3.63) is 22.4 Å². The van der Waals surface area contributed by atoms with Gasteiger partial charge in [-0.1, -0.05) is 19.3 Å².